The van der Waals surface area contributed by atoms with Gasteiger partial charge >= 0.3 is 0 Å². The molecule has 4 heteroatoms. The summed E-state index contributed by atoms with van der Waals surface area (Å²) in [6.45, 7) is 6.71. The molecule has 104 valence electrons. The molecule has 1 aliphatic carbocycles. The van der Waals surface area contributed by atoms with Crippen molar-refractivity contribution in [1.82, 2.24) is 15.3 Å². The number of rotatable bonds is 3. The molecule has 0 aliphatic heterocycles. The van der Waals surface area contributed by atoms with E-state index in [1.165, 1.54) is 25.5 Å². The first-order valence-electron chi connectivity index (χ1n) is 7.13. The lowest BCUT2D eigenvalue weighted by Crippen LogP contribution is -2.41. The summed E-state index contributed by atoms with van der Waals surface area (Å²) in [4.78, 5) is 20.0. The maximum atomic E-state index is 12.0. The molecular weight excluding hydrogens is 238 g/mol. The summed E-state index contributed by atoms with van der Waals surface area (Å²) in [5, 5.41) is 3.07. The van der Waals surface area contributed by atoms with Gasteiger partial charge in [0, 0.05) is 18.4 Å². The minimum atomic E-state index is -0.119. The lowest BCUT2D eigenvalue weighted by atomic mass is 9.74. The molecule has 1 heterocycles. The van der Waals surface area contributed by atoms with Crippen molar-refractivity contribution in [3.8, 4) is 0 Å². The van der Waals surface area contributed by atoms with Crippen LogP contribution in [-0.4, -0.2) is 21.9 Å². The van der Waals surface area contributed by atoms with Crippen molar-refractivity contribution in [3.63, 3.8) is 0 Å². The van der Waals surface area contributed by atoms with Gasteiger partial charge < -0.3 is 5.32 Å². The summed E-state index contributed by atoms with van der Waals surface area (Å²) in [6, 6.07) is 0.194. The van der Waals surface area contributed by atoms with Crippen molar-refractivity contribution in [2.45, 2.75) is 46.1 Å². The van der Waals surface area contributed by atoms with Crippen LogP contribution in [0.15, 0.2) is 18.6 Å². The van der Waals surface area contributed by atoms with E-state index in [2.05, 4.69) is 36.1 Å². The first kappa shape index (κ1) is 14.0. The van der Waals surface area contributed by atoms with E-state index in [0.29, 0.717) is 11.6 Å². The highest BCUT2D eigenvalue weighted by Gasteiger charge is 2.28. The smallest absolute Gasteiger partial charge is 0.271 e. The largest absolute Gasteiger partial charge is 0.348 e. The zero-order valence-electron chi connectivity index (χ0n) is 12.0. The SMILES string of the molecule is CC1CC(C)CC(C(C)NC(=O)c2cnccn2)C1. The van der Waals surface area contributed by atoms with Gasteiger partial charge in [-0.25, -0.2) is 4.98 Å². The highest BCUT2D eigenvalue weighted by atomic mass is 16.1. The molecule has 1 aromatic heterocycles. The second-order valence-corrected chi connectivity index (χ2v) is 6.03. The Labute approximate surface area is 115 Å². The molecule has 2 rings (SSSR count). The minimum Gasteiger partial charge on any atom is -0.348 e. The van der Waals surface area contributed by atoms with Crippen molar-refractivity contribution in [3.05, 3.63) is 24.3 Å². The van der Waals surface area contributed by atoms with Crippen LogP contribution in [0.4, 0.5) is 0 Å². The molecule has 1 aliphatic rings. The van der Waals surface area contributed by atoms with Crippen LogP contribution < -0.4 is 5.32 Å². The van der Waals surface area contributed by atoms with Gasteiger partial charge in [-0.3, -0.25) is 9.78 Å². The molecule has 0 aromatic carbocycles. The number of amides is 1. The minimum absolute atomic E-state index is 0.119. The lowest BCUT2D eigenvalue weighted by Gasteiger charge is -2.35. The first-order valence-corrected chi connectivity index (χ1v) is 7.13. The van der Waals surface area contributed by atoms with E-state index in [1.807, 2.05) is 0 Å². The van der Waals surface area contributed by atoms with E-state index in [9.17, 15) is 4.79 Å². The molecule has 0 bridgehead atoms. The molecule has 0 saturated heterocycles. The van der Waals surface area contributed by atoms with Crippen LogP contribution in [0, 0.1) is 17.8 Å². The van der Waals surface area contributed by atoms with E-state index < -0.39 is 0 Å². The van der Waals surface area contributed by atoms with Gasteiger partial charge in [-0.1, -0.05) is 13.8 Å². The van der Waals surface area contributed by atoms with Crippen molar-refractivity contribution in [2.75, 3.05) is 0 Å². The summed E-state index contributed by atoms with van der Waals surface area (Å²) in [5.41, 5.74) is 0.395. The fourth-order valence-electron chi connectivity index (χ4n) is 3.23. The van der Waals surface area contributed by atoms with Crippen molar-refractivity contribution in [1.29, 1.82) is 0 Å². The van der Waals surface area contributed by atoms with Gasteiger partial charge in [0.05, 0.1) is 6.20 Å². The van der Waals surface area contributed by atoms with Crippen LogP contribution in [0.2, 0.25) is 0 Å². The van der Waals surface area contributed by atoms with Crippen LogP contribution >= 0.6 is 0 Å². The van der Waals surface area contributed by atoms with Crippen LogP contribution in [0.25, 0.3) is 0 Å². The van der Waals surface area contributed by atoms with Crippen molar-refractivity contribution >= 4 is 5.91 Å². The number of nitrogens with zero attached hydrogens (tertiary/aromatic N) is 2. The fraction of sp³-hybridized carbons (Fsp3) is 0.667. The van der Waals surface area contributed by atoms with Gasteiger partial charge in [-0.05, 0) is 43.9 Å². The average molecular weight is 261 g/mol. The molecule has 3 atom stereocenters. The van der Waals surface area contributed by atoms with Crippen LogP contribution in [-0.2, 0) is 0 Å². The number of carbonyl (C=O) groups is 1. The Balaban J connectivity index is 1.93. The second-order valence-electron chi connectivity index (χ2n) is 6.03. The summed E-state index contributed by atoms with van der Waals surface area (Å²) < 4.78 is 0. The molecule has 19 heavy (non-hydrogen) atoms. The molecule has 0 spiro atoms. The Morgan fingerprint density at radius 2 is 1.95 bits per heavy atom. The summed E-state index contributed by atoms with van der Waals surface area (Å²) in [6.07, 6.45) is 8.34. The van der Waals surface area contributed by atoms with E-state index in [-0.39, 0.29) is 11.9 Å². The van der Waals surface area contributed by atoms with Crippen molar-refractivity contribution < 1.29 is 4.79 Å². The fourth-order valence-corrected chi connectivity index (χ4v) is 3.23. The highest BCUT2D eigenvalue weighted by molar-refractivity contribution is 5.92. The quantitative estimate of drug-likeness (QED) is 0.910. The molecule has 0 radical (unpaired) electrons. The maximum absolute atomic E-state index is 12.0. The molecule has 1 amide bonds. The Morgan fingerprint density at radius 1 is 1.26 bits per heavy atom. The predicted octanol–water partition coefficient (Wildman–Crippen LogP) is 2.67. The topological polar surface area (TPSA) is 54.9 Å². The molecule has 4 nitrogen and oxygen atoms in total. The standard InChI is InChI=1S/C15H23N3O/c1-10-6-11(2)8-13(7-10)12(3)18-15(19)14-9-16-4-5-17-14/h4-5,9-13H,6-8H2,1-3H3,(H,18,19). The molecular formula is C15H23N3O. The monoisotopic (exact) mass is 261 g/mol. The van der Waals surface area contributed by atoms with E-state index in [0.717, 1.165) is 11.8 Å². The third-order valence-electron chi connectivity index (χ3n) is 4.08. The van der Waals surface area contributed by atoms with Gasteiger partial charge in [0.2, 0.25) is 0 Å². The first-order chi connectivity index (χ1) is 9.06. The zero-order valence-corrected chi connectivity index (χ0v) is 12.0. The van der Waals surface area contributed by atoms with Gasteiger partial charge in [-0.2, -0.15) is 0 Å². The molecule has 1 N–H and O–H groups in total. The average Bonchev–Trinajstić information content (AvgIpc) is 2.38. The zero-order chi connectivity index (χ0) is 13.8. The molecule has 3 unspecified atom stereocenters. The van der Waals surface area contributed by atoms with Crippen LogP contribution in [0.3, 0.4) is 0 Å². The summed E-state index contributed by atoms with van der Waals surface area (Å²) >= 11 is 0. The number of nitrogens with one attached hydrogen (secondary N) is 1. The number of carbonyl (C=O) groups excluding carboxylic acids is 1. The van der Waals surface area contributed by atoms with Gasteiger partial charge in [0.15, 0.2) is 0 Å². The van der Waals surface area contributed by atoms with E-state index in [1.54, 1.807) is 12.4 Å². The predicted molar refractivity (Wildman–Crippen MR) is 74.6 cm³/mol. The van der Waals surface area contributed by atoms with Gasteiger partial charge in [0.25, 0.3) is 5.91 Å². The van der Waals surface area contributed by atoms with Crippen LogP contribution in [0.1, 0.15) is 50.5 Å². The third-order valence-corrected chi connectivity index (χ3v) is 4.08. The Hall–Kier alpha value is -1.45. The van der Waals surface area contributed by atoms with E-state index >= 15 is 0 Å². The number of hydrogen-bond donors (Lipinski definition) is 1. The van der Waals surface area contributed by atoms with E-state index in [4.69, 9.17) is 0 Å². The number of aromatic nitrogens is 2. The van der Waals surface area contributed by atoms with Crippen LogP contribution in [0.5, 0.6) is 0 Å². The second kappa shape index (κ2) is 6.13. The van der Waals surface area contributed by atoms with Gasteiger partial charge in [0.1, 0.15) is 5.69 Å². The highest BCUT2D eigenvalue weighted by Crippen LogP contribution is 2.34. The Kier molecular flexibility index (Phi) is 4.51. The van der Waals surface area contributed by atoms with Gasteiger partial charge in [-0.15, -0.1) is 0 Å². The summed E-state index contributed by atoms with van der Waals surface area (Å²) in [5.74, 6) is 1.96. The molecule has 1 fully saturated rings. The lowest BCUT2D eigenvalue weighted by molar-refractivity contribution is 0.0896. The summed E-state index contributed by atoms with van der Waals surface area (Å²) in [7, 11) is 0. The molecule has 1 aromatic rings. The normalized spacial score (nSPS) is 28.7. The Morgan fingerprint density at radius 3 is 2.53 bits per heavy atom. The molecule has 1 saturated carbocycles. The number of hydrogen-bond acceptors (Lipinski definition) is 3. The Bertz CT molecular complexity index is 411. The third kappa shape index (κ3) is 3.75. The maximum Gasteiger partial charge on any atom is 0.271 e. The van der Waals surface area contributed by atoms with Crippen molar-refractivity contribution in [2.24, 2.45) is 17.8 Å².